The minimum Gasteiger partial charge on any atom is -0.324 e. The monoisotopic (exact) mass is 249 g/mol. The fourth-order valence-corrected chi connectivity index (χ4v) is 2.84. The molecule has 1 atom stereocenters. The van der Waals surface area contributed by atoms with Crippen LogP contribution in [-0.4, -0.2) is 4.75 Å². The molecule has 1 aromatic carbocycles. The summed E-state index contributed by atoms with van der Waals surface area (Å²) in [6.07, 6.45) is 0.849. The molecule has 0 bridgehead atoms. The van der Waals surface area contributed by atoms with Crippen LogP contribution in [0.4, 0.5) is 0 Å². The van der Waals surface area contributed by atoms with Gasteiger partial charge in [-0.25, -0.2) is 0 Å². The van der Waals surface area contributed by atoms with Crippen LogP contribution in [0, 0.1) is 0 Å². The lowest BCUT2D eigenvalue weighted by Gasteiger charge is -2.22. The van der Waals surface area contributed by atoms with Crippen molar-refractivity contribution in [2.75, 3.05) is 0 Å². The first-order valence-corrected chi connectivity index (χ1v) is 6.79. The second kappa shape index (κ2) is 5.74. The van der Waals surface area contributed by atoms with E-state index >= 15 is 0 Å². The maximum atomic E-state index is 6.24. The van der Waals surface area contributed by atoms with Crippen LogP contribution in [0.3, 0.4) is 0 Å². The summed E-state index contributed by atoms with van der Waals surface area (Å²) in [7, 11) is 0. The fourth-order valence-electron chi connectivity index (χ4n) is 1.70. The Bertz CT molecular complexity index is 390. The van der Waals surface area contributed by atoms with Crippen molar-refractivity contribution in [1.29, 1.82) is 0 Å². The van der Waals surface area contributed by atoms with Crippen molar-refractivity contribution < 1.29 is 0 Å². The Hall–Kier alpha value is -0.730. The quantitative estimate of drug-likeness (QED) is 0.626. The Morgan fingerprint density at radius 3 is 2.47 bits per heavy atom. The lowest BCUT2D eigenvalue weighted by Crippen LogP contribution is -2.14. The molecule has 94 valence electrons. The van der Waals surface area contributed by atoms with Crippen LogP contribution in [0.25, 0.3) is 0 Å². The first-order valence-electron chi connectivity index (χ1n) is 5.97. The van der Waals surface area contributed by atoms with E-state index in [1.165, 1.54) is 10.5 Å². The van der Waals surface area contributed by atoms with Crippen molar-refractivity contribution >= 4 is 11.8 Å². The van der Waals surface area contributed by atoms with Gasteiger partial charge in [0.15, 0.2) is 0 Å². The van der Waals surface area contributed by atoms with Gasteiger partial charge in [0.1, 0.15) is 0 Å². The highest BCUT2D eigenvalue weighted by molar-refractivity contribution is 8.00. The largest absolute Gasteiger partial charge is 0.324 e. The second-order valence-corrected chi connectivity index (χ2v) is 7.39. The molecule has 0 aliphatic carbocycles. The van der Waals surface area contributed by atoms with E-state index < -0.39 is 0 Å². The zero-order valence-electron chi connectivity index (χ0n) is 11.3. The van der Waals surface area contributed by atoms with Gasteiger partial charge in [0.2, 0.25) is 0 Å². The van der Waals surface area contributed by atoms with E-state index in [1.807, 2.05) is 18.7 Å². The Kier molecular flexibility index (Phi) is 4.84. The maximum Gasteiger partial charge on any atom is 0.0343 e. The van der Waals surface area contributed by atoms with Gasteiger partial charge >= 0.3 is 0 Å². The van der Waals surface area contributed by atoms with Crippen LogP contribution in [0.2, 0.25) is 0 Å². The molecule has 1 aromatic rings. The topological polar surface area (TPSA) is 26.0 Å². The molecular weight excluding hydrogens is 226 g/mol. The lowest BCUT2D eigenvalue weighted by atomic mass is 10.0. The molecule has 2 N–H and O–H groups in total. The van der Waals surface area contributed by atoms with Crippen molar-refractivity contribution in [3.05, 3.63) is 42.0 Å². The molecule has 0 saturated heterocycles. The molecule has 2 heteroatoms. The Balaban J connectivity index is 2.95. The van der Waals surface area contributed by atoms with Gasteiger partial charge in [-0.15, -0.1) is 18.3 Å². The van der Waals surface area contributed by atoms with E-state index in [0.717, 1.165) is 12.0 Å². The van der Waals surface area contributed by atoms with Gasteiger partial charge in [-0.1, -0.05) is 44.5 Å². The molecule has 0 aromatic heterocycles. The third kappa shape index (κ3) is 4.97. The summed E-state index contributed by atoms with van der Waals surface area (Å²) < 4.78 is 0.207. The Morgan fingerprint density at radius 1 is 1.35 bits per heavy atom. The van der Waals surface area contributed by atoms with E-state index in [9.17, 15) is 0 Å². The highest BCUT2D eigenvalue weighted by Gasteiger charge is 2.17. The summed E-state index contributed by atoms with van der Waals surface area (Å²) in [5.41, 5.74) is 8.61. The first-order chi connectivity index (χ1) is 7.79. The van der Waals surface area contributed by atoms with Crippen molar-refractivity contribution in [3.63, 3.8) is 0 Å². The molecular formula is C15H23NS. The standard InChI is InChI=1S/C15H23NS/c1-11(2)10-13(16)12-8-6-7-9-14(12)17-15(3,4)5/h6-9,13H,1,10,16H2,2-5H3/t13-/m0/s1. The summed E-state index contributed by atoms with van der Waals surface area (Å²) >= 11 is 1.87. The molecule has 0 radical (unpaired) electrons. The average molecular weight is 249 g/mol. The van der Waals surface area contributed by atoms with Gasteiger partial charge in [-0.05, 0) is 25.0 Å². The number of rotatable bonds is 4. The van der Waals surface area contributed by atoms with E-state index in [4.69, 9.17) is 5.73 Å². The number of hydrogen-bond acceptors (Lipinski definition) is 2. The SMILES string of the molecule is C=C(C)C[C@H](N)c1ccccc1SC(C)(C)C. The van der Waals surface area contributed by atoms with E-state index in [2.05, 4.69) is 51.6 Å². The molecule has 0 aliphatic rings. The summed E-state index contributed by atoms with van der Waals surface area (Å²) in [5, 5.41) is 0. The number of thioether (sulfide) groups is 1. The maximum absolute atomic E-state index is 6.24. The summed E-state index contributed by atoms with van der Waals surface area (Å²) in [5.74, 6) is 0. The van der Waals surface area contributed by atoms with Gasteiger partial charge in [-0.3, -0.25) is 0 Å². The molecule has 0 saturated carbocycles. The minimum atomic E-state index is 0.0542. The van der Waals surface area contributed by atoms with Crippen LogP contribution in [0.5, 0.6) is 0 Å². The Labute approximate surface area is 109 Å². The Morgan fingerprint density at radius 2 is 1.94 bits per heavy atom. The van der Waals surface area contributed by atoms with Crippen molar-refractivity contribution in [2.45, 2.75) is 49.8 Å². The molecule has 1 nitrogen and oxygen atoms in total. The summed E-state index contributed by atoms with van der Waals surface area (Å²) in [4.78, 5) is 1.29. The van der Waals surface area contributed by atoms with Gasteiger partial charge in [0.05, 0.1) is 0 Å². The lowest BCUT2D eigenvalue weighted by molar-refractivity contribution is 0.701. The van der Waals surface area contributed by atoms with Crippen LogP contribution in [-0.2, 0) is 0 Å². The molecule has 0 unspecified atom stereocenters. The predicted octanol–water partition coefficient (Wildman–Crippen LogP) is 4.54. The van der Waals surface area contributed by atoms with Crippen molar-refractivity contribution in [3.8, 4) is 0 Å². The number of hydrogen-bond donors (Lipinski definition) is 1. The molecule has 0 heterocycles. The number of benzene rings is 1. The van der Waals surface area contributed by atoms with E-state index in [-0.39, 0.29) is 10.8 Å². The van der Waals surface area contributed by atoms with E-state index in [0.29, 0.717) is 0 Å². The zero-order valence-corrected chi connectivity index (χ0v) is 12.1. The fraction of sp³-hybridized carbons (Fsp3) is 0.467. The first kappa shape index (κ1) is 14.3. The number of nitrogens with two attached hydrogens (primary N) is 1. The molecule has 0 spiro atoms. The smallest absolute Gasteiger partial charge is 0.0343 e. The van der Waals surface area contributed by atoms with E-state index in [1.54, 1.807) is 0 Å². The third-order valence-electron chi connectivity index (χ3n) is 2.30. The van der Waals surface area contributed by atoms with Crippen LogP contribution >= 0.6 is 11.8 Å². The highest BCUT2D eigenvalue weighted by Crippen LogP contribution is 2.36. The normalized spacial score (nSPS) is 13.5. The third-order valence-corrected chi connectivity index (χ3v) is 3.51. The minimum absolute atomic E-state index is 0.0542. The highest BCUT2D eigenvalue weighted by atomic mass is 32.2. The van der Waals surface area contributed by atoms with Crippen molar-refractivity contribution in [2.24, 2.45) is 5.73 Å². The molecule has 0 amide bonds. The van der Waals surface area contributed by atoms with Crippen LogP contribution in [0.15, 0.2) is 41.3 Å². The second-order valence-electron chi connectivity index (χ2n) is 5.52. The summed E-state index contributed by atoms with van der Waals surface area (Å²) in [6, 6.07) is 8.47. The van der Waals surface area contributed by atoms with Crippen LogP contribution in [0.1, 0.15) is 45.7 Å². The zero-order chi connectivity index (χ0) is 13.1. The molecule has 0 fully saturated rings. The average Bonchev–Trinajstić information content (AvgIpc) is 2.14. The van der Waals surface area contributed by atoms with Gasteiger partial charge in [0.25, 0.3) is 0 Å². The molecule has 17 heavy (non-hydrogen) atoms. The predicted molar refractivity (Wildman–Crippen MR) is 78.4 cm³/mol. The van der Waals surface area contributed by atoms with Gasteiger partial charge in [0, 0.05) is 15.7 Å². The molecule has 1 rings (SSSR count). The van der Waals surface area contributed by atoms with Crippen LogP contribution < -0.4 is 5.73 Å². The summed E-state index contributed by atoms with van der Waals surface area (Å²) in [6.45, 7) is 12.6. The van der Waals surface area contributed by atoms with Gasteiger partial charge in [-0.2, -0.15) is 0 Å². The van der Waals surface area contributed by atoms with Gasteiger partial charge < -0.3 is 5.73 Å². The molecule has 0 aliphatic heterocycles. The van der Waals surface area contributed by atoms with Crippen molar-refractivity contribution in [1.82, 2.24) is 0 Å².